The van der Waals surface area contributed by atoms with E-state index in [1.54, 1.807) is 20.8 Å². The quantitative estimate of drug-likeness (QED) is 0.504. The Morgan fingerprint density at radius 3 is 2.00 bits per heavy atom. The summed E-state index contributed by atoms with van der Waals surface area (Å²) in [5.74, 6) is -0.786. The Bertz CT molecular complexity index is 194. The van der Waals surface area contributed by atoms with Gasteiger partial charge >= 0.3 is 0 Å². The van der Waals surface area contributed by atoms with Crippen molar-refractivity contribution in [2.45, 2.75) is 39.0 Å². The highest BCUT2D eigenvalue weighted by Gasteiger charge is 2.37. The van der Waals surface area contributed by atoms with Gasteiger partial charge < -0.3 is 20.1 Å². The van der Waals surface area contributed by atoms with Crippen LogP contribution in [0.25, 0.3) is 0 Å². The molecule has 3 N–H and O–H groups in total. The van der Waals surface area contributed by atoms with Crippen molar-refractivity contribution >= 4 is 7.37 Å². The van der Waals surface area contributed by atoms with E-state index < -0.39 is 19.2 Å². The molecule has 0 spiro atoms. The predicted molar refractivity (Wildman–Crippen MR) is 55.1 cm³/mol. The second-order valence-electron chi connectivity index (χ2n) is 2.87. The molecular weight excluding hydrogens is 205 g/mol. The van der Waals surface area contributed by atoms with E-state index in [0.717, 1.165) is 0 Å². The van der Waals surface area contributed by atoms with Crippen LogP contribution < -0.4 is 5.73 Å². The van der Waals surface area contributed by atoms with Gasteiger partial charge in [-0.05, 0) is 20.3 Å². The van der Waals surface area contributed by atoms with Gasteiger partial charge in [0.1, 0.15) is 0 Å². The average molecular weight is 225 g/mol. The number of hydrogen-bond donors (Lipinski definition) is 2. The second kappa shape index (κ2) is 6.53. The standard InChI is InChI=1S/C8H20NO4P/c1-4-7(9)14(10,11)8(12-5-2)13-6-3/h7-8H,4-6,9H2,1-3H3,(H,10,11). The van der Waals surface area contributed by atoms with Gasteiger partial charge in [0.25, 0.3) is 7.37 Å². The maximum absolute atomic E-state index is 11.8. The Balaban J connectivity index is 4.52. The van der Waals surface area contributed by atoms with Gasteiger partial charge in [-0.15, -0.1) is 0 Å². The first-order valence-corrected chi connectivity index (χ1v) is 6.61. The Hall–Kier alpha value is 0.0700. The third-order valence-electron chi connectivity index (χ3n) is 1.81. The van der Waals surface area contributed by atoms with Gasteiger partial charge in [-0.1, -0.05) is 6.92 Å². The Morgan fingerprint density at radius 1 is 1.29 bits per heavy atom. The third kappa shape index (κ3) is 3.67. The molecule has 14 heavy (non-hydrogen) atoms. The van der Waals surface area contributed by atoms with Crippen LogP contribution in [-0.4, -0.2) is 29.9 Å². The molecule has 0 aromatic heterocycles. The predicted octanol–water partition coefficient (Wildman–Crippen LogP) is 1.31. The molecule has 5 nitrogen and oxygen atoms in total. The van der Waals surface area contributed by atoms with Crippen molar-refractivity contribution in [2.24, 2.45) is 5.73 Å². The molecule has 0 saturated carbocycles. The molecule has 0 bridgehead atoms. The molecule has 0 rings (SSSR count). The normalized spacial score (nSPS) is 18.1. The van der Waals surface area contributed by atoms with Crippen molar-refractivity contribution < 1.29 is 18.9 Å². The molecule has 0 aliphatic heterocycles. The zero-order valence-corrected chi connectivity index (χ0v) is 9.87. The van der Waals surface area contributed by atoms with Gasteiger partial charge in [0.15, 0.2) is 0 Å². The summed E-state index contributed by atoms with van der Waals surface area (Å²) in [5.41, 5.74) is 5.54. The van der Waals surface area contributed by atoms with Crippen molar-refractivity contribution in [3.05, 3.63) is 0 Å². The van der Waals surface area contributed by atoms with E-state index in [9.17, 15) is 9.46 Å². The summed E-state index contributed by atoms with van der Waals surface area (Å²) in [5, 5.41) is 0. The van der Waals surface area contributed by atoms with Crippen molar-refractivity contribution in [3.63, 3.8) is 0 Å². The maximum Gasteiger partial charge on any atom is 0.271 e. The summed E-state index contributed by atoms with van der Waals surface area (Å²) in [4.78, 5) is 9.69. The third-order valence-corrected chi connectivity index (χ3v) is 4.03. The second-order valence-corrected chi connectivity index (χ2v) is 5.30. The number of rotatable bonds is 7. The van der Waals surface area contributed by atoms with Gasteiger partial charge in [0, 0.05) is 13.2 Å². The molecule has 6 heteroatoms. The van der Waals surface area contributed by atoms with Gasteiger partial charge in [-0.3, -0.25) is 4.57 Å². The lowest BCUT2D eigenvalue weighted by Crippen LogP contribution is -2.29. The van der Waals surface area contributed by atoms with Crippen molar-refractivity contribution in [3.8, 4) is 0 Å². The molecule has 0 aromatic rings. The van der Waals surface area contributed by atoms with Crippen molar-refractivity contribution in [2.75, 3.05) is 13.2 Å². The van der Waals surface area contributed by atoms with E-state index in [4.69, 9.17) is 15.2 Å². The highest BCUT2D eigenvalue weighted by molar-refractivity contribution is 7.59. The molecule has 0 aliphatic rings. The van der Waals surface area contributed by atoms with E-state index in [1.165, 1.54) is 0 Å². The minimum absolute atomic E-state index is 0.325. The van der Waals surface area contributed by atoms with E-state index in [0.29, 0.717) is 19.6 Å². The highest BCUT2D eigenvalue weighted by Crippen LogP contribution is 2.51. The molecule has 0 aromatic carbocycles. The van der Waals surface area contributed by atoms with Crippen LogP contribution in [0.4, 0.5) is 0 Å². The average Bonchev–Trinajstić information content (AvgIpc) is 2.16. The topological polar surface area (TPSA) is 81.8 Å². The first-order chi connectivity index (χ1) is 6.50. The highest BCUT2D eigenvalue weighted by atomic mass is 31.2. The lowest BCUT2D eigenvalue weighted by molar-refractivity contribution is -0.0878. The molecule has 0 fully saturated rings. The van der Waals surface area contributed by atoms with Crippen LogP contribution in [-0.2, 0) is 14.0 Å². The number of nitrogens with two attached hydrogens (primary N) is 1. The number of hydrogen-bond acceptors (Lipinski definition) is 4. The Kier molecular flexibility index (Phi) is 6.57. The maximum atomic E-state index is 11.8. The fraction of sp³-hybridized carbons (Fsp3) is 1.00. The Morgan fingerprint density at radius 2 is 1.71 bits per heavy atom. The lowest BCUT2D eigenvalue weighted by atomic mass is 10.5. The summed E-state index contributed by atoms with van der Waals surface area (Å²) < 4.78 is 21.9. The van der Waals surface area contributed by atoms with Crippen LogP contribution in [0, 0.1) is 0 Å². The van der Waals surface area contributed by atoms with Gasteiger partial charge in [-0.25, -0.2) is 0 Å². The zero-order chi connectivity index (χ0) is 11.2. The van der Waals surface area contributed by atoms with Crippen LogP contribution >= 0.6 is 7.37 Å². The summed E-state index contributed by atoms with van der Waals surface area (Å²) >= 11 is 0. The minimum atomic E-state index is -3.59. The van der Waals surface area contributed by atoms with E-state index in [1.807, 2.05) is 0 Å². The van der Waals surface area contributed by atoms with Crippen LogP contribution in [0.2, 0.25) is 0 Å². The molecule has 86 valence electrons. The molecule has 0 amide bonds. The van der Waals surface area contributed by atoms with E-state index in [-0.39, 0.29) is 0 Å². The van der Waals surface area contributed by atoms with Crippen molar-refractivity contribution in [1.82, 2.24) is 0 Å². The van der Waals surface area contributed by atoms with Crippen LogP contribution in [0.3, 0.4) is 0 Å². The smallest absolute Gasteiger partial charge is 0.271 e. The zero-order valence-electron chi connectivity index (χ0n) is 8.97. The van der Waals surface area contributed by atoms with E-state index in [2.05, 4.69) is 0 Å². The minimum Gasteiger partial charge on any atom is -0.345 e. The monoisotopic (exact) mass is 225 g/mol. The lowest BCUT2D eigenvalue weighted by Gasteiger charge is -2.26. The first kappa shape index (κ1) is 14.1. The largest absolute Gasteiger partial charge is 0.345 e. The van der Waals surface area contributed by atoms with Gasteiger partial charge in [0.05, 0.1) is 5.78 Å². The Labute approximate surface area is 85.0 Å². The van der Waals surface area contributed by atoms with Gasteiger partial charge in [-0.2, -0.15) is 0 Å². The van der Waals surface area contributed by atoms with Crippen LogP contribution in [0.5, 0.6) is 0 Å². The fourth-order valence-electron chi connectivity index (χ4n) is 0.965. The summed E-state index contributed by atoms with van der Waals surface area (Å²) in [7, 11) is -3.59. The van der Waals surface area contributed by atoms with Crippen LogP contribution in [0.15, 0.2) is 0 Å². The summed E-state index contributed by atoms with van der Waals surface area (Å²) in [6.07, 6.45) is 0.421. The number of ether oxygens (including phenoxy) is 2. The molecule has 0 radical (unpaired) electrons. The summed E-state index contributed by atoms with van der Waals surface area (Å²) in [6, 6.07) is -1.09. The van der Waals surface area contributed by atoms with Crippen molar-refractivity contribution in [1.29, 1.82) is 0 Å². The fourth-order valence-corrected chi connectivity index (χ4v) is 2.53. The molecular formula is C8H20NO4P. The van der Waals surface area contributed by atoms with E-state index >= 15 is 0 Å². The molecule has 2 atom stereocenters. The molecule has 0 heterocycles. The SMILES string of the molecule is CCOC(OCC)P(=O)(O)C(N)CC. The molecule has 0 saturated heterocycles. The first-order valence-electron chi connectivity index (χ1n) is 4.81. The summed E-state index contributed by atoms with van der Waals surface area (Å²) in [6.45, 7) is 5.88. The van der Waals surface area contributed by atoms with Crippen LogP contribution in [0.1, 0.15) is 27.2 Å². The molecule has 0 aliphatic carbocycles. The molecule has 2 unspecified atom stereocenters. The van der Waals surface area contributed by atoms with Gasteiger partial charge in [0.2, 0.25) is 6.03 Å².